The second-order valence-electron chi connectivity index (χ2n) is 8.34. The van der Waals surface area contributed by atoms with Crippen molar-refractivity contribution in [3.05, 3.63) is 78.0 Å². The Kier molecular flexibility index (Phi) is 4.13. The molecule has 3 aromatic heterocycles. The van der Waals surface area contributed by atoms with E-state index in [4.69, 9.17) is 9.97 Å². The van der Waals surface area contributed by atoms with Crippen molar-refractivity contribution in [2.45, 2.75) is 39.5 Å². The number of benzene rings is 2. The van der Waals surface area contributed by atoms with Crippen molar-refractivity contribution in [3.63, 3.8) is 0 Å². The highest BCUT2D eigenvalue weighted by Gasteiger charge is 2.22. The van der Waals surface area contributed by atoms with Gasteiger partial charge in [-0.15, -0.1) is 0 Å². The number of aromatic nitrogens is 3. The Labute approximate surface area is 171 Å². The molecule has 3 heteroatoms. The predicted molar refractivity (Wildman–Crippen MR) is 122 cm³/mol. The molecule has 0 atom stereocenters. The fourth-order valence-corrected chi connectivity index (χ4v) is 4.35. The molecule has 0 aliphatic heterocycles. The summed E-state index contributed by atoms with van der Waals surface area (Å²) in [6.45, 7) is 9.04. The number of para-hydroxylation sites is 1. The van der Waals surface area contributed by atoms with Crippen LogP contribution in [0.25, 0.3) is 38.8 Å². The van der Waals surface area contributed by atoms with Crippen molar-refractivity contribution >= 4 is 27.6 Å². The number of hydrogen-bond donors (Lipinski definition) is 0. The molecule has 0 saturated heterocycles. The third kappa shape index (κ3) is 2.72. The van der Waals surface area contributed by atoms with Crippen LogP contribution in [0.15, 0.2) is 66.9 Å². The lowest BCUT2D eigenvalue weighted by molar-refractivity contribution is 0.837. The molecule has 0 fully saturated rings. The maximum Gasteiger partial charge on any atom is 0.137 e. The summed E-state index contributed by atoms with van der Waals surface area (Å²) >= 11 is 0. The Balaban J connectivity index is 2.04. The number of rotatable bonds is 3. The molecular weight excluding hydrogens is 354 g/mol. The van der Waals surface area contributed by atoms with Gasteiger partial charge in [-0.05, 0) is 41.2 Å². The Morgan fingerprint density at radius 2 is 1.41 bits per heavy atom. The van der Waals surface area contributed by atoms with E-state index in [0.29, 0.717) is 11.8 Å². The monoisotopic (exact) mass is 379 g/mol. The van der Waals surface area contributed by atoms with Crippen LogP contribution in [0.1, 0.15) is 50.7 Å². The number of imidazole rings is 1. The van der Waals surface area contributed by atoms with E-state index in [2.05, 4.69) is 92.9 Å². The van der Waals surface area contributed by atoms with Gasteiger partial charge in [-0.1, -0.05) is 70.2 Å². The van der Waals surface area contributed by atoms with Gasteiger partial charge in [0.05, 0.1) is 16.7 Å². The van der Waals surface area contributed by atoms with Crippen LogP contribution < -0.4 is 0 Å². The summed E-state index contributed by atoms with van der Waals surface area (Å²) in [5.74, 6) is 0.817. The zero-order chi connectivity index (χ0) is 20.1. The van der Waals surface area contributed by atoms with Crippen LogP contribution in [-0.4, -0.2) is 14.4 Å². The quantitative estimate of drug-likeness (QED) is 0.339. The first-order valence-electron chi connectivity index (χ1n) is 10.3. The van der Waals surface area contributed by atoms with E-state index in [1.807, 2.05) is 6.07 Å². The maximum absolute atomic E-state index is 5.22. The largest absolute Gasteiger partial charge is 0.298 e. The van der Waals surface area contributed by atoms with E-state index >= 15 is 0 Å². The van der Waals surface area contributed by atoms with Gasteiger partial charge in [0.1, 0.15) is 11.2 Å². The third-order valence-electron chi connectivity index (χ3n) is 5.76. The van der Waals surface area contributed by atoms with Gasteiger partial charge in [0.2, 0.25) is 0 Å². The van der Waals surface area contributed by atoms with Crippen molar-refractivity contribution in [2.24, 2.45) is 0 Å². The lowest BCUT2D eigenvalue weighted by atomic mass is 9.86. The molecule has 0 radical (unpaired) electrons. The van der Waals surface area contributed by atoms with Crippen LogP contribution in [0.4, 0.5) is 0 Å². The lowest BCUT2D eigenvalue weighted by Crippen LogP contribution is -2.02. The number of pyridine rings is 2. The van der Waals surface area contributed by atoms with Gasteiger partial charge in [-0.3, -0.25) is 4.40 Å². The van der Waals surface area contributed by atoms with Crippen LogP contribution in [-0.2, 0) is 0 Å². The van der Waals surface area contributed by atoms with E-state index in [0.717, 1.165) is 33.3 Å². The Morgan fingerprint density at radius 3 is 2.14 bits per heavy atom. The van der Waals surface area contributed by atoms with Gasteiger partial charge in [-0.25, -0.2) is 9.97 Å². The minimum absolute atomic E-state index is 0.409. The average molecular weight is 380 g/mol. The molecule has 29 heavy (non-hydrogen) atoms. The van der Waals surface area contributed by atoms with Gasteiger partial charge >= 0.3 is 0 Å². The van der Waals surface area contributed by atoms with Crippen LogP contribution in [0, 0.1) is 0 Å². The molecule has 0 saturated carbocycles. The Bertz CT molecular complexity index is 1330. The average Bonchev–Trinajstić information content (AvgIpc) is 3.12. The highest BCUT2D eigenvalue weighted by molar-refractivity contribution is 6.09. The first-order chi connectivity index (χ1) is 14.1. The summed E-state index contributed by atoms with van der Waals surface area (Å²) in [5, 5.41) is 1.10. The fraction of sp³-hybridized carbons (Fsp3) is 0.231. The maximum atomic E-state index is 5.22. The third-order valence-corrected chi connectivity index (χ3v) is 5.76. The highest BCUT2D eigenvalue weighted by atomic mass is 15.0. The summed E-state index contributed by atoms with van der Waals surface area (Å²) in [5.41, 5.74) is 9.03. The minimum atomic E-state index is 0.409. The number of fused-ring (bicyclic) bond motifs is 5. The van der Waals surface area contributed by atoms with Crippen molar-refractivity contribution < 1.29 is 0 Å². The van der Waals surface area contributed by atoms with E-state index in [-0.39, 0.29) is 0 Å². The number of hydrogen-bond acceptors (Lipinski definition) is 2. The summed E-state index contributed by atoms with van der Waals surface area (Å²) in [6.07, 6.45) is 2.09. The van der Waals surface area contributed by atoms with Crippen molar-refractivity contribution in [1.82, 2.24) is 14.4 Å². The molecular formula is C26H25N3. The summed E-state index contributed by atoms with van der Waals surface area (Å²) < 4.78 is 2.19. The molecule has 2 aromatic carbocycles. The van der Waals surface area contributed by atoms with Gasteiger partial charge in [0.25, 0.3) is 0 Å². The van der Waals surface area contributed by atoms with Gasteiger partial charge in [0.15, 0.2) is 0 Å². The number of nitrogens with zero attached hydrogens (tertiary/aromatic N) is 3. The molecule has 0 amide bonds. The van der Waals surface area contributed by atoms with E-state index in [1.165, 1.54) is 16.7 Å². The Morgan fingerprint density at radius 1 is 0.724 bits per heavy atom. The molecule has 0 bridgehead atoms. The minimum Gasteiger partial charge on any atom is -0.298 e. The second kappa shape index (κ2) is 6.70. The summed E-state index contributed by atoms with van der Waals surface area (Å²) in [6, 6.07) is 21.2. The van der Waals surface area contributed by atoms with Crippen molar-refractivity contribution in [1.29, 1.82) is 0 Å². The zero-order valence-corrected chi connectivity index (χ0v) is 17.3. The molecule has 0 N–H and O–H groups in total. The standard InChI is InChI=1S/C26H25N3/c1-16(2)18-11-9-12-19(17(3)4)23(18)25-26-24(20-10-5-6-13-21(20)27-25)28-22-14-7-8-15-29(22)26/h5-17H,1-4H3. The fourth-order valence-electron chi connectivity index (χ4n) is 4.35. The van der Waals surface area contributed by atoms with E-state index < -0.39 is 0 Å². The molecule has 3 heterocycles. The SMILES string of the molecule is CC(C)c1cccc(C(C)C)c1-c1nc2ccccc2c2nc3ccccn3c12. The molecule has 5 rings (SSSR count). The summed E-state index contributed by atoms with van der Waals surface area (Å²) in [7, 11) is 0. The predicted octanol–water partition coefficient (Wildman–Crippen LogP) is 6.95. The Hall–Kier alpha value is -3.20. The van der Waals surface area contributed by atoms with Gasteiger partial charge < -0.3 is 0 Å². The summed E-state index contributed by atoms with van der Waals surface area (Å²) in [4.78, 5) is 10.2. The molecule has 0 aliphatic carbocycles. The van der Waals surface area contributed by atoms with Gasteiger partial charge in [-0.2, -0.15) is 0 Å². The van der Waals surface area contributed by atoms with E-state index in [9.17, 15) is 0 Å². The second-order valence-corrected chi connectivity index (χ2v) is 8.34. The van der Waals surface area contributed by atoms with Crippen LogP contribution in [0.5, 0.6) is 0 Å². The van der Waals surface area contributed by atoms with Crippen LogP contribution >= 0.6 is 0 Å². The zero-order valence-electron chi connectivity index (χ0n) is 17.3. The highest BCUT2D eigenvalue weighted by Crippen LogP contribution is 2.40. The normalized spacial score (nSPS) is 12.1. The molecule has 0 unspecified atom stereocenters. The smallest absolute Gasteiger partial charge is 0.137 e. The van der Waals surface area contributed by atoms with Crippen LogP contribution in [0.2, 0.25) is 0 Å². The molecule has 0 spiro atoms. The molecule has 0 aliphatic rings. The van der Waals surface area contributed by atoms with Crippen LogP contribution in [0.3, 0.4) is 0 Å². The lowest BCUT2D eigenvalue weighted by Gasteiger charge is -2.20. The van der Waals surface area contributed by atoms with E-state index in [1.54, 1.807) is 0 Å². The topological polar surface area (TPSA) is 30.2 Å². The van der Waals surface area contributed by atoms with Crippen molar-refractivity contribution in [2.75, 3.05) is 0 Å². The van der Waals surface area contributed by atoms with Crippen molar-refractivity contribution in [3.8, 4) is 11.3 Å². The molecule has 144 valence electrons. The van der Waals surface area contributed by atoms with Gasteiger partial charge in [0, 0.05) is 17.1 Å². The first-order valence-corrected chi connectivity index (χ1v) is 10.3. The molecule has 3 nitrogen and oxygen atoms in total. The molecule has 5 aromatic rings. The first kappa shape index (κ1) is 17.9.